The van der Waals surface area contributed by atoms with Crippen LogP contribution in [0.5, 0.6) is 0 Å². The first kappa shape index (κ1) is 19.2. The molecule has 0 saturated carbocycles. The van der Waals surface area contributed by atoms with Gasteiger partial charge in [0.2, 0.25) is 0 Å². The van der Waals surface area contributed by atoms with E-state index in [0.717, 1.165) is 22.6 Å². The van der Waals surface area contributed by atoms with Crippen LogP contribution >= 0.6 is 11.3 Å². The summed E-state index contributed by atoms with van der Waals surface area (Å²) in [6.07, 6.45) is 1.68. The van der Waals surface area contributed by atoms with E-state index in [1.165, 1.54) is 6.07 Å². The molecule has 0 aliphatic rings. The van der Waals surface area contributed by atoms with E-state index in [1.54, 1.807) is 36.5 Å². The monoisotopic (exact) mass is 394 g/mol. The van der Waals surface area contributed by atoms with Crippen molar-refractivity contribution in [2.75, 3.05) is 0 Å². The topological polar surface area (TPSA) is 114 Å². The maximum Gasteiger partial charge on any atom is 0.261 e. The molecule has 8 heteroatoms. The van der Waals surface area contributed by atoms with Gasteiger partial charge in [0.25, 0.3) is 17.7 Å². The number of primary amides is 1. The maximum absolute atomic E-state index is 12.2. The Morgan fingerprint density at radius 2 is 1.57 bits per heavy atom. The molecule has 1 aromatic carbocycles. The van der Waals surface area contributed by atoms with E-state index in [0.29, 0.717) is 28.4 Å². The molecule has 0 aliphatic carbocycles. The van der Waals surface area contributed by atoms with Crippen LogP contribution in [0.3, 0.4) is 0 Å². The molecule has 2 heterocycles. The molecule has 7 nitrogen and oxygen atoms in total. The molecule has 0 atom stereocenters. The van der Waals surface area contributed by atoms with Crippen molar-refractivity contribution in [3.63, 3.8) is 0 Å². The molecule has 28 heavy (non-hydrogen) atoms. The van der Waals surface area contributed by atoms with Crippen LogP contribution in [0.25, 0.3) is 0 Å². The minimum absolute atomic E-state index is 0.196. The lowest BCUT2D eigenvalue weighted by molar-refractivity contribution is 0.0943. The van der Waals surface area contributed by atoms with Crippen molar-refractivity contribution in [2.24, 2.45) is 5.73 Å². The van der Waals surface area contributed by atoms with Crippen LogP contribution < -0.4 is 16.4 Å². The maximum atomic E-state index is 12.2. The van der Waals surface area contributed by atoms with Crippen LogP contribution in [0.15, 0.2) is 60.8 Å². The fourth-order valence-electron chi connectivity index (χ4n) is 2.41. The van der Waals surface area contributed by atoms with Gasteiger partial charge in [0, 0.05) is 18.3 Å². The number of rotatable bonds is 7. The molecule has 0 bridgehead atoms. The summed E-state index contributed by atoms with van der Waals surface area (Å²) in [5, 5.41) is 5.58. The number of aromatic nitrogens is 1. The van der Waals surface area contributed by atoms with Crippen molar-refractivity contribution in [3.8, 4) is 0 Å². The molecule has 3 amide bonds. The van der Waals surface area contributed by atoms with Crippen molar-refractivity contribution in [2.45, 2.75) is 13.1 Å². The number of benzene rings is 1. The van der Waals surface area contributed by atoms with Crippen LogP contribution in [0.2, 0.25) is 0 Å². The summed E-state index contributed by atoms with van der Waals surface area (Å²) < 4.78 is 0. The number of nitrogens with one attached hydrogen (secondary N) is 2. The van der Waals surface area contributed by atoms with Crippen molar-refractivity contribution in [1.82, 2.24) is 15.6 Å². The predicted octanol–water partition coefficient (Wildman–Crippen LogP) is 2.10. The highest BCUT2D eigenvalue weighted by Gasteiger charge is 2.12. The van der Waals surface area contributed by atoms with Gasteiger partial charge in [-0.15, -0.1) is 11.3 Å². The van der Waals surface area contributed by atoms with E-state index < -0.39 is 5.91 Å². The SMILES string of the molecule is NC(=O)c1ccc(C(=O)NCc2ccc(C(=O)NCc3ccccn3)cc2)s1. The van der Waals surface area contributed by atoms with Crippen LogP contribution in [-0.2, 0) is 13.1 Å². The Hall–Kier alpha value is -3.52. The number of carbonyl (C=O) groups is 3. The second-order valence-electron chi connectivity index (χ2n) is 5.91. The number of amides is 3. The Balaban J connectivity index is 1.51. The Labute approximate surface area is 165 Å². The lowest BCUT2D eigenvalue weighted by atomic mass is 10.1. The number of nitrogens with two attached hydrogens (primary N) is 1. The average Bonchev–Trinajstić information content (AvgIpc) is 3.22. The van der Waals surface area contributed by atoms with Gasteiger partial charge in [-0.25, -0.2) is 0 Å². The number of thiophene rings is 1. The highest BCUT2D eigenvalue weighted by molar-refractivity contribution is 7.15. The van der Waals surface area contributed by atoms with Gasteiger partial charge < -0.3 is 16.4 Å². The highest BCUT2D eigenvalue weighted by atomic mass is 32.1. The molecule has 3 aromatic rings. The van der Waals surface area contributed by atoms with E-state index in [9.17, 15) is 14.4 Å². The van der Waals surface area contributed by atoms with Gasteiger partial charge in [-0.1, -0.05) is 18.2 Å². The summed E-state index contributed by atoms with van der Waals surface area (Å²) in [6, 6.07) is 15.6. The predicted molar refractivity (Wildman–Crippen MR) is 106 cm³/mol. The van der Waals surface area contributed by atoms with E-state index in [2.05, 4.69) is 15.6 Å². The first-order chi connectivity index (χ1) is 13.5. The summed E-state index contributed by atoms with van der Waals surface area (Å²) >= 11 is 1.05. The van der Waals surface area contributed by atoms with Crippen molar-refractivity contribution < 1.29 is 14.4 Å². The van der Waals surface area contributed by atoms with Gasteiger partial charge in [-0.05, 0) is 42.0 Å². The third-order valence-electron chi connectivity index (χ3n) is 3.90. The molecule has 142 valence electrons. The van der Waals surface area contributed by atoms with Crippen molar-refractivity contribution in [1.29, 1.82) is 0 Å². The molecule has 0 fully saturated rings. The molecular formula is C20H18N4O3S. The van der Waals surface area contributed by atoms with Crippen molar-refractivity contribution in [3.05, 3.63) is 87.4 Å². The Morgan fingerprint density at radius 3 is 2.21 bits per heavy atom. The Kier molecular flexibility index (Phi) is 6.13. The number of pyridine rings is 1. The number of carbonyl (C=O) groups excluding carboxylic acids is 3. The smallest absolute Gasteiger partial charge is 0.261 e. The Bertz CT molecular complexity index is 984. The molecule has 0 spiro atoms. The summed E-state index contributed by atoms with van der Waals surface area (Å²) in [7, 11) is 0. The molecule has 0 radical (unpaired) electrons. The number of hydrogen-bond acceptors (Lipinski definition) is 5. The van der Waals surface area contributed by atoms with Crippen LogP contribution in [0.1, 0.15) is 41.0 Å². The van der Waals surface area contributed by atoms with Gasteiger partial charge in [0.15, 0.2) is 0 Å². The van der Waals surface area contributed by atoms with E-state index in [4.69, 9.17) is 5.73 Å². The normalized spacial score (nSPS) is 10.3. The molecule has 0 aliphatic heterocycles. The van der Waals surface area contributed by atoms with Crippen LogP contribution in [0, 0.1) is 0 Å². The number of nitrogens with zero attached hydrogens (tertiary/aromatic N) is 1. The molecule has 0 unspecified atom stereocenters. The van der Waals surface area contributed by atoms with Gasteiger partial charge in [-0.2, -0.15) is 0 Å². The first-order valence-corrected chi connectivity index (χ1v) is 9.29. The summed E-state index contributed by atoms with van der Waals surface area (Å²) in [5.74, 6) is -1.03. The van der Waals surface area contributed by atoms with E-state index in [1.807, 2.05) is 18.2 Å². The summed E-state index contributed by atoms with van der Waals surface area (Å²) in [5.41, 5.74) is 7.34. The lowest BCUT2D eigenvalue weighted by Crippen LogP contribution is -2.24. The minimum Gasteiger partial charge on any atom is -0.365 e. The minimum atomic E-state index is -0.555. The van der Waals surface area contributed by atoms with Crippen LogP contribution in [-0.4, -0.2) is 22.7 Å². The zero-order valence-corrected chi connectivity index (χ0v) is 15.7. The fraction of sp³-hybridized carbons (Fsp3) is 0.100. The van der Waals surface area contributed by atoms with Gasteiger partial charge in [0.05, 0.1) is 22.0 Å². The standard InChI is InChI=1S/C20H18N4O3S/c21-18(25)16-8-9-17(28-16)20(27)23-11-13-4-6-14(7-5-13)19(26)24-12-15-3-1-2-10-22-15/h1-10H,11-12H2,(H2,21,25)(H,23,27)(H,24,26). The van der Waals surface area contributed by atoms with E-state index >= 15 is 0 Å². The second kappa shape index (κ2) is 8.92. The quantitative estimate of drug-likeness (QED) is 0.569. The third kappa shape index (κ3) is 5.01. The van der Waals surface area contributed by atoms with E-state index in [-0.39, 0.29) is 11.8 Å². The molecule has 3 rings (SSSR count). The number of hydrogen-bond donors (Lipinski definition) is 3. The zero-order valence-electron chi connectivity index (χ0n) is 14.8. The van der Waals surface area contributed by atoms with Crippen molar-refractivity contribution >= 4 is 29.1 Å². The summed E-state index contributed by atoms with van der Waals surface area (Å²) in [4.78, 5) is 40.3. The Morgan fingerprint density at radius 1 is 0.857 bits per heavy atom. The van der Waals surface area contributed by atoms with Gasteiger partial charge in [0.1, 0.15) is 0 Å². The average molecular weight is 394 g/mol. The first-order valence-electron chi connectivity index (χ1n) is 8.48. The van der Waals surface area contributed by atoms with Gasteiger partial charge in [-0.3, -0.25) is 19.4 Å². The third-order valence-corrected chi connectivity index (χ3v) is 5.00. The van der Waals surface area contributed by atoms with Crippen LogP contribution in [0.4, 0.5) is 0 Å². The van der Waals surface area contributed by atoms with Gasteiger partial charge >= 0.3 is 0 Å². The largest absolute Gasteiger partial charge is 0.365 e. The molecule has 2 aromatic heterocycles. The second-order valence-corrected chi connectivity index (χ2v) is 7.00. The lowest BCUT2D eigenvalue weighted by Gasteiger charge is -2.07. The zero-order chi connectivity index (χ0) is 19.9. The fourth-order valence-corrected chi connectivity index (χ4v) is 3.19. The molecule has 4 N–H and O–H groups in total. The molecule has 0 saturated heterocycles. The summed E-state index contributed by atoms with van der Waals surface area (Å²) in [6.45, 7) is 0.657. The highest BCUT2D eigenvalue weighted by Crippen LogP contribution is 2.16. The molecular weight excluding hydrogens is 376 g/mol.